The minimum Gasteiger partial charge on any atom is -0.396 e. The molecule has 100 valence electrons. The first kappa shape index (κ1) is 12.9. The number of hydrogen-bond donors (Lipinski definition) is 1. The molecular weight excluding hydrogens is 230 g/mol. The Hall–Kier alpha value is -1.56. The van der Waals surface area contributed by atoms with Crippen LogP contribution < -0.4 is 5.73 Å². The lowest BCUT2D eigenvalue weighted by Crippen LogP contribution is -2.56. The molecule has 2 rings (SSSR count). The number of rotatable bonds is 1. The Morgan fingerprint density at radius 2 is 1.89 bits per heavy atom. The highest BCUT2D eigenvalue weighted by Gasteiger charge is 2.31. The molecule has 6 nitrogen and oxygen atoms in total. The van der Waals surface area contributed by atoms with Crippen molar-refractivity contribution in [2.75, 3.05) is 25.9 Å². The molecule has 2 atom stereocenters. The molecule has 0 spiro atoms. The Kier molecular flexibility index (Phi) is 3.30. The molecule has 2 heterocycles. The molecule has 1 amide bonds. The van der Waals surface area contributed by atoms with Crippen LogP contribution in [0.25, 0.3) is 0 Å². The van der Waals surface area contributed by atoms with E-state index < -0.39 is 0 Å². The smallest absolute Gasteiger partial charge is 0.276 e. The number of aromatic nitrogens is 2. The van der Waals surface area contributed by atoms with Crippen molar-refractivity contribution < 1.29 is 4.79 Å². The number of nitrogen functional groups attached to an aromatic ring is 1. The van der Waals surface area contributed by atoms with Crippen LogP contribution in [0, 0.1) is 0 Å². The van der Waals surface area contributed by atoms with Crippen molar-refractivity contribution in [2.45, 2.75) is 25.9 Å². The molecule has 2 N–H and O–H groups in total. The first-order valence-corrected chi connectivity index (χ1v) is 6.20. The van der Waals surface area contributed by atoms with Gasteiger partial charge < -0.3 is 10.6 Å². The number of nitrogens with zero attached hydrogens (tertiary/aromatic N) is 4. The number of hydrogen-bond acceptors (Lipinski definition) is 4. The average Bonchev–Trinajstić information content (AvgIpc) is 2.63. The molecule has 1 aliphatic rings. The van der Waals surface area contributed by atoms with Gasteiger partial charge in [-0.05, 0) is 20.9 Å². The Morgan fingerprint density at radius 1 is 1.33 bits per heavy atom. The third-order valence-electron chi connectivity index (χ3n) is 3.71. The normalized spacial score (nSPS) is 25.4. The average molecular weight is 251 g/mol. The lowest BCUT2D eigenvalue weighted by Gasteiger charge is -2.42. The van der Waals surface area contributed by atoms with Gasteiger partial charge in [0.25, 0.3) is 5.91 Å². The van der Waals surface area contributed by atoms with Crippen molar-refractivity contribution >= 4 is 11.6 Å². The molecule has 6 heteroatoms. The van der Waals surface area contributed by atoms with E-state index in [2.05, 4.69) is 30.9 Å². The Labute approximate surface area is 107 Å². The van der Waals surface area contributed by atoms with Crippen LogP contribution in [0.5, 0.6) is 0 Å². The lowest BCUT2D eigenvalue weighted by molar-refractivity contribution is 0.0409. The third kappa shape index (κ3) is 2.20. The van der Waals surface area contributed by atoms with Crippen LogP contribution in [-0.4, -0.2) is 57.7 Å². The van der Waals surface area contributed by atoms with Gasteiger partial charge in [0.05, 0.1) is 5.69 Å². The summed E-state index contributed by atoms with van der Waals surface area (Å²) in [5.41, 5.74) is 6.61. The van der Waals surface area contributed by atoms with E-state index >= 15 is 0 Å². The molecule has 18 heavy (non-hydrogen) atoms. The van der Waals surface area contributed by atoms with E-state index in [-0.39, 0.29) is 5.91 Å². The fourth-order valence-electron chi connectivity index (χ4n) is 2.39. The topological polar surface area (TPSA) is 67.4 Å². The zero-order valence-electron chi connectivity index (χ0n) is 11.4. The van der Waals surface area contributed by atoms with E-state index in [0.717, 1.165) is 13.1 Å². The fraction of sp³-hybridized carbons (Fsp3) is 0.667. The Bertz CT molecular complexity index is 443. The number of aryl methyl sites for hydroxylation is 1. The van der Waals surface area contributed by atoms with Crippen LogP contribution in [-0.2, 0) is 7.05 Å². The van der Waals surface area contributed by atoms with Gasteiger partial charge in [-0.25, -0.2) is 0 Å². The van der Waals surface area contributed by atoms with Crippen LogP contribution in [0.3, 0.4) is 0 Å². The second-order valence-corrected chi connectivity index (χ2v) is 5.18. The molecule has 0 bridgehead atoms. The molecule has 2 unspecified atom stereocenters. The summed E-state index contributed by atoms with van der Waals surface area (Å²) < 4.78 is 1.57. The van der Waals surface area contributed by atoms with Crippen molar-refractivity contribution in [3.05, 3.63) is 11.9 Å². The zero-order valence-corrected chi connectivity index (χ0v) is 11.4. The standard InChI is InChI=1S/C12H21N5O/c1-8-5-17(6-9(2)16(8)4)12(18)11-10(13)7-15(3)14-11/h7-9H,5-6,13H2,1-4H3. The van der Waals surface area contributed by atoms with Gasteiger partial charge in [0.1, 0.15) is 0 Å². The summed E-state index contributed by atoms with van der Waals surface area (Å²) in [7, 11) is 3.86. The van der Waals surface area contributed by atoms with Gasteiger partial charge in [-0.15, -0.1) is 0 Å². The zero-order chi connectivity index (χ0) is 13.4. The van der Waals surface area contributed by atoms with E-state index in [0.29, 0.717) is 23.5 Å². The molecule has 0 radical (unpaired) electrons. The largest absolute Gasteiger partial charge is 0.396 e. The second kappa shape index (κ2) is 4.61. The van der Waals surface area contributed by atoms with Crippen LogP contribution in [0.2, 0.25) is 0 Å². The van der Waals surface area contributed by atoms with Crippen LogP contribution in [0.1, 0.15) is 24.3 Å². The number of nitrogens with two attached hydrogens (primary N) is 1. The number of amides is 1. The molecule has 0 aliphatic carbocycles. The second-order valence-electron chi connectivity index (χ2n) is 5.18. The van der Waals surface area contributed by atoms with E-state index in [1.807, 2.05) is 4.90 Å². The molecule has 1 aromatic rings. The molecule has 1 fully saturated rings. The van der Waals surface area contributed by atoms with Gasteiger partial charge in [0.2, 0.25) is 0 Å². The predicted octanol–water partition coefficient (Wildman–Crippen LogP) is 0.167. The molecule has 1 aliphatic heterocycles. The number of anilines is 1. The summed E-state index contributed by atoms with van der Waals surface area (Å²) in [6.07, 6.45) is 1.66. The summed E-state index contributed by atoms with van der Waals surface area (Å²) >= 11 is 0. The number of carbonyl (C=O) groups excluding carboxylic acids is 1. The molecule has 1 saturated heterocycles. The van der Waals surface area contributed by atoms with Gasteiger partial charge in [-0.2, -0.15) is 5.10 Å². The van der Waals surface area contributed by atoms with Crippen LogP contribution >= 0.6 is 0 Å². The molecular formula is C12H21N5O. The van der Waals surface area contributed by atoms with Crippen LogP contribution in [0.4, 0.5) is 5.69 Å². The van der Waals surface area contributed by atoms with Crippen molar-refractivity contribution in [2.24, 2.45) is 7.05 Å². The maximum Gasteiger partial charge on any atom is 0.276 e. The highest BCUT2D eigenvalue weighted by atomic mass is 16.2. The van der Waals surface area contributed by atoms with Gasteiger partial charge in [0.15, 0.2) is 5.69 Å². The molecule has 1 aromatic heterocycles. The quantitative estimate of drug-likeness (QED) is 0.772. The fourth-order valence-corrected chi connectivity index (χ4v) is 2.39. The molecule has 0 saturated carbocycles. The van der Waals surface area contributed by atoms with Gasteiger partial charge in [-0.1, -0.05) is 0 Å². The van der Waals surface area contributed by atoms with Crippen LogP contribution in [0.15, 0.2) is 6.20 Å². The first-order chi connectivity index (χ1) is 8.40. The lowest BCUT2D eigenvalue weighted by atomic mass is 10.1. The maximum atomic E-state index is 12.4. The highest BCUT2D eigenvalue weighted by Crippen LogP contribution is 2.18. The number of piperazine rings is 1. The number of likely N-dealkylation sites (N-methyl/N-ethyl adjacent to an activating group) is 1. The summed E-state index contributed by atoms with van der Waals surface area (Å²) in [4.78, 5) is 16.5. The minimum atomic E-state index is -0.0695. The van der Waals surface area contributed by atoms with Gasteiger partial charge >= 0.3 is 0 Å². The van der Waals surface area contributed by atoms with E-state index in [9.17, 15) is 4.79 Å². The number of carbonyl (C=O) groups is 1. The molecule has 0 aromatic carbocycles. The summed E-state index contributed by atoms with van der Waals surface area (Å²) in [6.45, 7) is 5.68. The predicted molar refractivity (Wildman–Crippen MR) is 70.2 cm³/mol. The first-order valence-electron chi connectivity index (χ1n) is 6.20. The van der Waals surface area contributed by atoms with Crippen molar-refractivity contribution in [1.82, 2.24) is 19.6 Å². The van der Waals surface area contributed by atoms with Gasteiger partial charge in [-0.3, -0.25) is 14.4 Å². The van der Waals surface area contributed by atoms with E-state index in [4.69, 9.17) is 5.73 Å². The summed E-state index contributed by atoms with van der Waals surface area (Å²) in [5, 5.41) is 4.14. The van der Waals surface area contributed by atoms with E-state index in [1.165, 1.54) is 0 Å². The SMILES string of the molecule is CC1CN(C(=O)c2nn(C)cc2N)CC(C)N1C. The highest BCUT2D eigenvalue weighted by molar-refractivity contribution is 5.97. The third-order valence-corrected chi connectivity index (χ3v) is 3.71. The van der Waals surface area contributed by atoms with Crippen molar-refractivity contribution in [1.29, 1.82) is 0 Å². The van der Waals surface area contributed by atoms with E-state index in [1.54, 1.807) is 17.9 Å². The van der Waals surface area contributed by atoms with Crippen molar-refractivity contribution in [3.8, 4) is 0 Å². The Balaban J connectivity index is 2.17. The Morgan fingerprint density at radius 3 is 2.33 bits per heavy atom. The van der Waals surface area contributed by atoms with Crippen molar-refractivity contribution in [3.63, 3.8) is 0 Å². The monoisotopic (exact) mass is 251 g/mol. The van der Waals surface area contributed by atoms with Gasteiger partial charge in [0, 0.05) is 38.4 Å². The minimum absolute atomic E-state index is 0.0695. The maximum absolute atomic E-state index is 12.4. The summed E-state index contributed by atoms with van der Waals surface area (Å²) in [6, 6.07) is 0.699. The summed E-state index contributed by atoms with van der Waals surface area (Å²) in [5.74, 6) is -0.0695.